The quantitative estimate of drug-likeness (QED) is 0.367. The van der Waals surface area contributed by atoms with Gasteiger partial charge in [0, 0.05) is 36.5 Å². The van der Waals surface area contributed by atoms with Crippen LogP contribution in [0.25, 0.3) is 0 Å². The Morgan fingerprint density at radius 2 is 1.48 bits per heavy atom. The van der Waals surface area contributed by atoms with Gasteiger partial charge in [-0.15, -0.1) is 23.2 Å². The number of ether oxygens (including phenoxy) is 2. The number of benzene rings is 1. The number of amides is 2. The largest absolute Gasteiger partial charge is 0.460 e. The Bertz CT molecular complexity index is 767. The number of carbonyl (C=O) groups is 3. The third-order valence-electron chi connectivity index (χ3n) is 4.26. The smallest absolute Gasteiger partial charge is 0.407 e. The number of carbonyl (C=O) groups excluding carboxylic acids is 3. The zero-order valence-electron chi connectivity index (χ0n) is 20.4. The molecule has 1 N–H and O–H groups in total. The van der Waals surface area contributed by atoms with Crippen molar-refractivity contribution in [2.75, 3.05) is 24.8 Å². The molecule has 0 unspecified atom stereocenters. The average molecular weight is 503 g/mol. The first-order valence-electron chi connectivity index (χ1n) is 11.0. The van der Waals surface area contributed by atoms with E-state index in [1.165, 1.54) is 0 Å². The van der Waals surface area contributed by atoms with Crippen molar-refractivity contribution < 1.29 is 23.9 Å². The van der Waals surface area contributed by atoms with Gasteiger partial charge in [0.25, 0.3) is 5.91 Å². The molecule has 1 aromatic rings. The summed E-state index contributed by atoms with van der Waals surface area (Å²) in [6.07, 6.45) is -0.493. The zero-order valence-corrected chi connectivity index (χ0v) is 21.9. The van der Waals surface area contributed by atoms with Gasteiger partial charge in [-0.1, -0.05) is 18.2 Å². The molecule has 0 heterocycles. The van der Waals surface area contributed by atoms with Gasteiger partial charge in [0.2, 0.25) is 0 Å². The highest BCUT2D eigenvalue weighted by Crippen LogP contribution is 2.18. The Kier molecular flexibility index (Phi) is 11.5. The number of rotatable bonds is 10. The Hall–Kier alpha value is -1.99. The molecule has 1 aromatic carbocycles. The zero-order chi connectivity index (χ0) is 25.2. The van der Waals surface area contributed by atoms with Crippen LogP contribution in [0.5, 0.6) is 0 Å². The maximum atomic E-state index is 13.2. The molecular formula is C24H36Cl2N2O5. The SMILES string of the molecule is CC(C)(C)OC(=O)C[C@@H](Cc1ccccc1C(=O)N(CCCl)CCCl)NC(=O)OC(C)(C)C. The summed E-state index contributed by atoms with van der Waals surface area (Å²) in [6.45, 7) is 11.3. The van der Waals surface area contributed by atoms with Gasteiger partial charge in [-0.2, -0.15) is 0 Å². The molecule has 0 saturated heterocycles. The van der Waals surface area contributed by atoms with Crippen molar-refractivity contribution in [2.24, 2.45) is 0 Å². The molecule has 0 aromatic heterocycles. The highest BCUT2D eigenvalue weighted by molar-refractivity contribution is 6.18. The number of hydrogen-bond donors (Lipinski definition) is 1. The standard InChI is InChI=1S/C24H36Cl2N2O5/c1-23(2,3)32-20(29)16-18(27-22(31)33-24(4,5)6)15-17-9-7-8-10-19(17)21(30)28(13-11-25)14-12-26/h7-10,18H,11-16H2,1-6H3,(H,27,31)/t18-/m1/s1. The number of hydrogen-bond acceptors (Lipinski definition) is 5. The van der Waals surface area contributed by atoms with E-state index in [1.807, 2.05) is 0 Å². The molecule has 0 aliphatic carbocycles. The van der Waals surface area contributed by atoms with Crippen LogP contribution in [0, 0.1) is 0 Å². The number of esters is 1. The Labute approximate surface area is 207 Å². The van der Waals surface area contributed by atoms with Gasteiger partial charge in [-0.05, 0) is 59.6 Å². The summed E-state index contributed by atoms with van der Waals surface area (Å²) in [6, 6.07) is 6.44. The highest BCUT2D eigenvalue weighted by Gasteiger charge is 2.26. The van der Waals surface area contributed by atoms with E-state index in [0.717, 1.165) is 0 Å². The monoisotopic (exact) mass is 502 g/mol. The van der Waals surface area contributed by atoms with E-state index in [-0.39, 0.29) is 30.5 Å². The first kappa shape index (κ1) is 29.0. The summed E-state index contributed by atoms with van der Waals surface area (Å²) >= 11 is 11.7. The Morgan fingerprint density at radius 3 is 2.00 bits per heavy atom. The third kappa shape index (κ3) is 11.6. The van der Waals surface area contributed by atoms with Crippen molar-refractivity contribution in [3.63, 3.8) is 0 Å². The number of alkyl carbamates (subject to hydrolysis) is 1. The van der Waals surface area contributed by atoms with Crippen molar-refractivity contribution in [1.82, 2.24) is 10.2 Å². The van der Waals surface area contributed by atoms with Gasteiger partial charge < -0.3 is 19.7 Å². The molecule has 0 aliphatic rings. The van der Waals surface area contributed by atoms with E-state index < -0.39 is 29.3 Å². The molecule has 0 fully saturated rings. The fourth-order valence-electron chi connectivity index (χ4n) is 3.09. The van der Waals surface area contributed by atoms with E-state index in [4.69, 9.17) is 32.7 Å². The summed E-state index contributed by atoms with van der Waals surface area (Å²) in [4.78, 5) is 39.7. The fourth-order valence-corrected chi connectivity index (χ4v) is 3.50. The second-order valence-electron chi connectivity index (χ2n) is 9.67. The van der Waals surface area contributed by atoms with E-state index in [9.17, 15) is 14.4 Å². The van der Waals surface area contributed by atoms with Crippen LogP contribution in [0.4, 0.5) is 4.79 Å². The highest BCUT2D eigenvalue weighted by atomic mass is 35.5. The third-order valence-corrected chi connectivity index (χ3v) is 4.60. The van der Waals surface area contributed by atoms with Crippen LogP contribution in [-0.2, 0) is 20.7 Å². The molecule has 186 valence electrons. The summed E-state index contributed by atoms with van der Waals surface area (Å²) in [5.41, 5.74) is -0.211. The first-order valence-corrected chi connectivity index (χ1v) is 12.0. The van der Waals surface area contributed by atoms with Gasteiger partial charge in [0.1, 0.15) is 11.2 Å². The average Bonchev–Trinajstić information content (AvgIpc) is 2.64. The molecule has 1 atom stereocenters. The first-order chi connectivity index (χ1) is 15.3. The van der Waals surface area contributed by atoms with Gasteiger partial charge in [-0.3, -0.25) is 9.59 Å². The predicted octanol–water partition coefficient (Wildman–Crippen LogP) is 4.77. The van der Waals surface area contributed by atoms with Crippen molar-refractivity contribution in [2.45, 2.75) is 71.6 Å². The van der Waals surface area contributed by atoms with Crippen LogP contribution < -0.4 is 5.32 Å². The summed E-state index contributed by atoms with van der Waals surface area (Å²) < 4.78 is 10.8. The summed E-state index contributed by atoms with van der Waals surface area (Å²) in [7, 11) is 0. The normalized spacial score (nSPS) is 12.6. The summed E-state index contributed by atoms with van der Waals surface area (Å²) in [5.74, 6) is -0.100. The molecule has 0 aliphatic heterocycles. The molecule has 33 heavy (non-hydrogen) atoms. The van der Waals surface area contributed by atoms with Gasteiger partial charge in [-0.25, -0.2) is 4.79 Å². The van der Waals surface area contributed by atoms with Crippen LogP contribution in [0.1, 0.15) is 63.9 Å². The molecular weight excluding hydrogens is 467 g/mol. The minimum Gasteiger partial charge on any atom is -0.460 e. The van der Waals surface area contributed by atoms with Gasteiger partial charge in [0.05, 0.1) is 6.42 Å². The Morgan fingerprint density at radius 1 is 0.939 bits per heavy atom. The van der Waals surface area contributed by atoms with Crippen molar-refractivity contribution in [1.29, 1.82) is 0 Å². The van der Waals surface area contributed by atoms with E-state index >= 15 is 0 Å². The lowest BCUT2D eigenvalue weighted by atomic mass is 9.97. The lowest BCUT2D eigenvalue weighted by Crippen LogP contribution is -2.42. The molecule has 2 amide bonds. The van der Waals surface area contributed by atoms with Gasteiger partial charge >= 0.3 is 12.1 Å². The van der Waals surface area contributed by atoms with E-state index in [2.05, 4.69) is 5.32 Å². The van der Waals surface area contributed by atoms with Gasteiger partial charge in [0.15, 0.2) is 0 Å². The van der Waals surface area contributed by atoms with Crippen LogP contribution >= 0.6 is 23.2 Å². The minimum atomic E-state index is -0.696. The topological polar surface area (TPSA) is 84.9 Å². The second kappa shape index (κ2) is 13.0. The molecule has 7 nitrogen and oxygen atoms in total. The Balaban J connectivity index is 3.16. The minimum absolute atomic E-state index is 0.0773. The van der Waals surface area contributed by atoms with Crippen LogP contribution in [0.15, 0.2) is 24.3 Å². The van der Waals surface area contributed by atoms with Crippen molar-refractivity contribution in [3.8, 4) is 0 Å². The molecule has 9 heteroatoms. The van der Waals surface area contributed by atoms with E-state index in [0.29, 0.717) is 24.2 Å². The van der Waals surface area contributed by atoms with Crippen molar-refractivity contribution >= 4 is 41.2 Å². The van der Waals surface area contributed by atoms with Crippen LogP contribution in [0.2, 0.25) is 0 Å². The number of halogens is 2. The maximum absolute atomic E-state index is 13.2. The molecule has 0 spiro atoms. The van der Waals surface area contributed by atoms with Crippen LogP contribution in [-0.4, -0.2) is 65.0 Å². The number of nitrogens with one attached hydrogen (secondary N) is 1. The molecule has 0 radical (unpaired) electrons. The van der Waals surface area contributed by atoms with Crippen LogP contribution in [0.3, 0.4) is 0 Å². The lowest BCUT2D eigenvalue weighted by Gasteiger charge is -2.26. The molecule has 1 rings (SSSR count). The second-order valence-corrected chi connectivity index (χ2v) is 10.4. The number of alkyl halides is 2. The summed E-state index contributed by atoms with van der Waals surface area (Å²) in [5, 5.41) is 2.76. The molecule has 0 bridgehead atoms. The number of nitrogens with zero attached hydrogens (tertiary/aromatic N) is 1. The van der Waals surface area contributed by atoms with E-state index in [1.54, 1.807) is 70.7 Å². The molecule has 0 saturated carbocycles. The van der Waals surface area contributed by atoms with Crippen molar-refractivity contribution in [3.05, 3.63) is 35.4 Å². The fraction of sp³-hybridized carbons (Fsp3) is 0.625. The lowest BCUT2D eigenvalue weighted by molar-refractivity contribution is -0.155. The maximum Gasteiger partial charge on any atom is 0.407 e. The predicted molar refractivity (Wildman–Crippen MR) is 131 cm³/mol.